The molecule has 0 saturated heterocycles. The Morgan fingerprint density at radius 2 is 2.05 bits per heavy atom. The molecule has 3 aromatic rings. The Hall–Kier alpha value is -2.37. The first-order valence-electron chi connectivity index (χ1n) is 7.27. The van der Waals surface area contributed by atoms with Crippen LogP contribution in [0.2, 0.25) is 0 Å². The molecule has 0 amide bonds. The summed E-state index contributed by atoms with van der Waals surface area (Å²) < 4.78 is 7.18. The molecule has 0 aliphatic rings. The predicted molar refractivity (Wildman–Crippen MR) is 80.3 cm³/mol. The summed E-state index contributed by atoms with van der Waals surface area (Å²) >= 11 is 0. The number of rotatable bonds is 5. The highest BCUT2D eigenvalue weighted by Crippen LogP contribution is 2.21. The summed E-state index contributed by atoms with van der Waals surface area (Å²) in [5.74, 6) is 1.73. The summed E-state index contributed by atoms with van der Waals surface area (Å²) in [7, 11) is 0. The van der Waals surface area contributed by atoms with E-state index in [1.165, 1.54) is 0 Å². The summed E-state index contributed by atoms with van der Waals surface area (Å²) in [6, 6.07) is 5.92. The van der Waals surface area contributed by atoms with Gasteiger partial charge in [-0.1, -0.05) is 19.0 Å². The lowest BCUT2D eigenvalue weighted by Crippen LogP contribution is -2.11. The number of fused-ring (bicyclic) bond motifs is 1. The molecule has 0 fully saturated rings. The second-order valence-corrected chi connectivity index (χ2v) is 5.03. The van der Waals surface area contributed by atoms with Crippen molar-refractivity contribution in [2.24, 2.45) is 0 Å². The van der Waals surface area contributed by atoms with Crippen LogP contribution in [0.15, 0.2) is 28.9 Å². The van der Waals surface area contributed by atoms with Gasteiger partial charge in [-0.15, -0.1) is 0 Å². The first-order chi connectivity index (χ1) is 10.2. The molecule has 1 atom stereocenters. The van der Waals surface area contributed by atoms with E-state index in [0.29, 0.717) is 0 Å². The molecule has 0 unspecified atom stereocenters. The van der Waals surface area contributed by atoms with E-state index < -0.39 is 0 Å². The number of anilines is 1. The number of hydrogen-bond acceptors (Lipinski definition) is 5. The van der Waals surface area contributed by atoms with Gasteiger partial charge >= 0.3 is 0 Å². The molecule has 1 N–H and O–H groups in total. The molecular formula is C15H19N5O. The van der Waals surface area contributed by atoms with Crippen LogP contribution in [0.1, 0.15) is 44.0 Å². The van der Waals surface area contributed by atoms with Crippen molar-refractivity contribution < 1.29 is 4.52 Å². The molecule has 6 heteroatoms. The van der Waals surface area contributed by atoms with E-state index in [-0.39, 0.29) is 6.04 Å². The Bertz CT molecular complexity index is 745. The van der Waals surface area contributed by atoms with Crippen LogP contribution in [0.3, 0.4) is 0 Å². The average Bonchev–Trinajstić information content (AvgIpc) is 3.15. The highest BCUT2D eigenvalue weighted by atomic mass is 16.5. The molecule has 0 spiro atoms. The van der Waals surface area contributed by atoms with Crippen molar-refractivity contribution in [3.8, 4) is 0 Å². The number of nitrogens with one attached hydrogen (secondary N) is 1. The van der Waals surface area contributed by atoms with Gasteiger partial charge in [0.2, 0.25) is 0 Å². The molecule has 3 rings (SSSR count). The van der Waals surface area contributed by atoms with Crippen LogP contribution in [0, 0.1) is 0 Å². The maximum absolute atomic E-state index is 5.38. The molecule has 0 radical (unpaired) electrons. The van der Waals surface area contributed by atoms with E-state index in [2.05, 4.69) is 34.4 Å². The fraction of sp³-hybridized carbons (Fsp3) is 0.400. The topological polar surface area (TPSA) is 68.2 Å². The van der Waals surface area contributed by atoms with Crippen molar-refractivity contribution in [2.45, 2.75) is 39.7 Å². The Morgan fingerprint density at radius 1 is 1.24 bits per heavy atom. The number of nitrogens with zero attached hydrogens (tertiary/aromatic N) is 4. The second kappa shape index (κ2) is 5.55. The van der Waals surface area contributed by atoms with Gasteiger partial charge in [0.1, 0.15) is 5.82 Å². The van der Waals surface area contributed by atoms with E-state index in [9.17, 15) is 0 Å². The number of aromatic nitrogens is 4. The van der Waals surface area contributed by atoms with Gasteiger partial charge in [-0.3, -0.25) is 0 Å². The zero-order chi connectivity index (χ0) is 14.8. The van der Waals surface area contributed by atoms with Crippen LogP contribution in [-0.2, 0) is 12.8 Å². The first-order valence-corrected chi connectivity index (χ1v) is 7.27. The largest absolute Gasteiger partial charge is 0.360 e. The van der Waals surface area contributed by atoms with E-state index in [0.717, 1.165) is 41.5 Å². The number of hydrogen-bond donors (Lipinski definition) is 1. The molecule has 6 nitrogen and oxygen atoms in total. The van der Waals surface area contributed by atoms with Crippen molar-refractivity contribution in [2.75, 3.05) is 5.32 Å². The van der Waals surface area contributed by atoms with E-state index in [1.807, 2.05) is 25.1 Å². The molecule has 110 valence electrons. The maximum Gasteiger partial charge on any atom is 0.158 e. The minimum absolute atomic E-state index is 0.0114. The highest BCUT2D eigenvalue weighted by molar-refractivity contribution is 5.49. The summed E-state index contributed by atoms with van der Waals surface area (Å²) in [4.78, 5) is 4.54. The van der Waals surface area contributed by atoms with Gasteiger partial charge in [0, 0.05) is 23.9 Å². The molecule has 3 aromatic heterocycles. The highest BCUT2D eigenvalue weighted by Gasteiger charge is 2.14. The number of aryl methyl sites for hydroxylation is 2. The molecule has 21 heavy (non-hydrogen) atoms. The molecule has 0 aromatic carbocycles. The van der Waals surface area contributed by atoms with Crippen LogP contribution in [0.4, 0.5) is 5.82 Å². The van der Waals surface area contributed by atoms with Crippen molar-refractivity contribution in [3.63, 3.8) is 0 Å². The summed E-state index contributed by atoms with van der Waals surface area (Å²) in [5.41, 5.74) is 2.84. The molecule has 0 saturated carbocycles. The van der Waals surface area contributed by atoms with Crippen LogP contribution < -0.4 is 5.32 Å². The van der Waals surface area contributed by atoms with Gasteiger partial charge in [-0.2, -0.15) is 9.61 Å². The SMILES string of the molecule is CCc1cc([C@H](C)Nc2cc(CC)nc3ccnn23)on1. The normalized spacial score (nSPS) is 12.7. The van der Waals surface area contributed by atoms with E-state index >= 15 is 0 Å². The zero-order valence-electron chi connectivity index (χ0n) is 12.5. The Labute approximate surface area is 123 Å². The van der Waals surface area contributed by atoms with Crippen LogP contribution >= 0.6 is 0 Å². The van der Waals surface area contributed by atoms with Gasteiger partial charge < -0.3 is 9.84 Å². The third-order valence-corrected chi connectivity index (χ3v) is 3.51. The fourth-order valence-electron chi connectivity index (χ4n) is 2.24. The molecule has 0 bridgehead atoms. The van der Waals surface area contributed by atoms with Gasteiger partial charge in [0.25, 0.3) is 0 Å². The van der Waals surface area contributed by atoms with E-state index in [1.54, 1.807) is 10.7 Å². The van der Waals surface area contributed by atoms with Gasteiger partial charge in [-0.25, -0.2) is 4.98 Å². The Kier molecular flexibility index (Phi) is 3.60. The Morgan fingerprint density at radius 3 is 2.76 bits per heavy atom. The van der Waals surface area contributed by atoms with E-state index in [4.69, 9.17) is 4.52 Å². The lowest BCUT2D eigenvalue weighted by Gasteiger charge is -2.14. The van der Waals surface area contributed by atoms with Crippen molar-refractivity contribution in [1.82, 2.24) is 19.8 Å². The quantitative estimate of drug-likeness (QED) is 0.780. The fourth-order valence-corrected chi connectivity index (χ4v) is 2.24. The Balaban J connectivity index is 1.91. The second-order valence-electron chi connectivity index (χ2n) is 5.03. The third kappa shape index (κ3) is 2.61. The minimum atomic E-state index is 0.0114. The van der Waals surface area contributed by atoms with Crippen LogP contribution in [0.5, 0.6) is 0 Å². The predicted octanol–water partition coefficient (Wildman–Crippen LogP) is 3.02. The van der Waals surface area contributed by atoms with Gasteiger partial charge in [0.05, 0.1) is 17.9 Å². The summed E-state index contributed by atoms with van der Waals surface area (Å²) in [6.45, 7) is 6.19. The molecular weight excluding hydrogens is 266 g/mol. The minimum Gasteiger partial charge on any atom is -0.360 e. The zero-order valence-corrected chi connectivity index (χ0v) is 12.5. The third-order valence-electron chi connectivity index (χ3n) is 3.51. The monoisotopic (exact) mass is 285 g/mol. The first kappa shape index (κ1) is 13.6. The molecule has 3 heterocycles. The lowest BCUT2D eigenvalue weighted by atomic mass is 10.2. The van der Waals surface area contributed by atoms with Crippen molar-refractivity contribution >= 4 is 11.5 Å². The van der Waals surface area contributed by atoms with Crippen LogP contribution in [0.25, 0.3) is 5.65 Å². The van der Waals surface area contributed by atoms with Gasteiger partial charge in [-0.05, 0) is 19.8 Å². The lowest BCUT2D eigenvalue weighted by molar-refractivity contribution is 0.368. The molecule has 0 aliphatic heterocycles. The summed E-state index contributed by atoms with van der Waals surface area (Å²) in [6.07, 6.45) is 3.50. The molecule has 0 aliphatic carbocycles. The smallest absolute Gasteiger partial charge is 0.158 e. The standard InChI is InChI=1S/C15H19N5O/c1-4-11-9-15(20-14(18-11)6-7-16-20)17-10(3)13-8-12(5-2)19-21-13/h6-10,17H,4-5H2,1-3H3/t10-/m0/s1. The van der Waals surface area contributed by atoms with Crippen molar-refractivity contribution in [3.05, 3.63) is 41.5 Å². The maximum atomic E-state index is 5.38. The summed E-state index contributed by atoms with van der Waals surface area (Å²) in [5, 5.41) is 11.8. The van der Waals surface area contributed by atoms with Crippen LogP contribution in [-0.4, -0.2) is 19.8 Å². The van der Waals surface area contributed by atoms with Gasteiger partial charge in [0.15, 0.2) is 11.4 Å². The average molecular weight is 285 g/mol. The van der Waals surface area contributed by atoms with Crippen molar-refractivity contribution in [1.29, 1.82) is 0 Å².